The average molecular weight is 964 g/mol. The first-order valence-electron chi connectivity index (χ1n) is 22.6. The van der Waals surface area contributed by atoms with Gasteiger partial charge in [-0.15, -0.1) is 0 Å². The van der Waals surface area contributed by atoms with Crippen LogP contribution in [-0.2, 0) is 73.4 Å². The zero-order valence-electron chi connectivity index (χ0n) is 42.8. The van der Waals surface area contributed by atoms with Gasteiger partial charge in [-0.1, -0.05) is 30.3 Å². The standard InChI is InChI=1S/C48H77N5O15/c1-29(49-43(62)63-27-30-20-18-17-19-21-30)38(57)50-31(22-24-35(54)65-45(5,6)7)39(58)52-33(26-37(56)67-47(11,12)13)41(60)51-32(23-25-36(55)66-46(8,9)10)40(59)53-34(28-64-44(2,3)4)42(61)68-48(14,15)16/h17-21,29,31-34H,22-28H2,1-16H3,(H,49,62)(H,50,57)(H,51,60)(H,52,58)(H,53,59)/t29-,31-,32-,33-,34-/m0/s1. The van der Waals surface area contributed by atoms with Crippen molar-refractivity contribution in [3.8, 4) is 0 Å². The summed E-state index contributed by atoms with van der Waals surface area (Å²) in [6.07, 6.45) is -3.29. The van der Waals surface area contributed by atoms with Crippen LogP contribution in [0.1, 0.15) is 148 Å². The SMILES string of the molecule is C[C@H](NC(=O)OCc1ccccc1)C(=O)N[C@@H](CCC(=O)OC(C)(C)C)C(=O)N[C@@H](CC(=O)OC(C)(C)C)C(=O)N[C@@H](CCC(=O)OC(C)(C)C)C(=O)N[C@@H](COC(C)(C)C)C(=O)OC(C)(C)C. The topological polar surface area (TPSA) is 269 Å². The minimum atomic E-state index is -1.80. The van der Waals surface area contributed by atoms with Crippen molar-refractivity contribution in [2.24, 2.45) is 0 Å². The molecule has 0 aliphatic carbocycles. The molecule has 0 unspecified atom stereocenters. The van der Waals surface area contributed by atoms with E-state index in [4.69, 9.17) is 28.4 Å². The molecule has 0 aromatic heterocycles. The van der Waals surface area contributed by atoms with Gasteiger partial charge in [-0.3, -0.25) is 33.6 Å². The Labute approximate surface area is 401 Å². The Morgan fingerprint density at radius 2 is 0.868 bits per heavy atom. The largest absolute Gasteiger partial charge is 0.460 e. The molecular weight excluding hydrogens is 887 g/mol. The second kappa shape index (κ2) is 26.1. The maximum atomic E-state index is 14.3. The molecule has 5 amide bonds. The molecule has 0 radical (unpaired) electrons. The van der Waals surface area contributed by atoms with Crippen LogP contribution in [0.3, 0.4) is 0 Å². The van der Waals surface area contributed by atoms with Crippen LogP contribution in [0, 0.1) is 0 Å². The summed E-state index contributed by atoms with van der Waals surface area (Å²) >= 11 is 0. The molecule has 20 heteroatoms. The number of amides is 5. The van der Waals surface area contributed by atoms with Gasteiger partial charge in [-0.2, -0.15) is 0 Å². The monoisotopic (exact) mass is 964 g/mol. The molecule has 68 heavy (non-hydrogen) atoms. The van der Waals surface area contributed by atoms with Crippen LogP contribution in [0.25, 0.3) is 0 Å². The first kappa shape index (κ1) is 60.2. The van der Waals surface area contributed by atoms with Crippen LogP contribution >= 0.6 is 0 Å². The van der Waals surface area contributed by atoms with Gasteiger partial charge in [0, 0.05) is 12.8 Å². The van der Waals surface area contributed by atoms with Gasteiger partial charge in [0.2, 0.25) is 23.6 Å². The van der Waals surface area contributed by atoms with Crippen molar-refractivity contribution in [3.05, 3.63) is 35.9 Å². The average Bonchev–Trinajstić information content (AvgIpc) is 3.15. The first-order valence-corrected chi connectivity index (χ1v) is 22.6. The fourth-order valence-corrected chi connectivity index (χ4v) is 5.60. The van der Waals surface area contributed by atoms with E-state index in [-0.39, 0.29) is 26.1 Å². The van der Waals surface area contributed by atoms with E-state index in [0.29, 0.717) is 5.56 Å². The summed E-state index contributed by atoms with van der Waals surface area (Å²) in [5.41, 5.74) is -3.87. The Hall–Kier alpha value is -5.79. The van der Waals surface area contributed by atoms with Gasteiger partial charge in [0.1, 0.15) is 53.2 Å². The second-order valence-electron chi connectivity index (χ2n) is 21.2. The van der Waals surface area contributed by atoms with E-state index < -0.39 is 131 Å². The first-order chi connectivity index (χ1) is 30.9. The Kier molecular flexibility index (Phi) is 23.1. The number of carbonyl (C=O) groups excluding carboxylic acids is 9. The normalized spacial score (nSPS) is 14.3. The number of alkyl carbamates (subject to hydrolysis) is 1. The lowest BCUT2D eigenvalue weighted by Gasteiger charge is -2.29. The number of carbonyl (C=O) groups is 9. The molecule has 1 aromatic rings. The molecule has 0 heterocycles. The molecule has 5 atom stereocenters. The van der Waals surface area contributed by atoms with Crippen LogP contribution in [0.4, 0.5) is 4.79 Å². The minimum absolute atomic E-state index is 0.0948. The van der Waals surface area contributed by atoms with Gasteiger partial charge in [0.25, 0.3) is 0 Å². The van der Waals surface area contributed by atoms with Crippen molar-refractivity contribution in [2.45, 2.75) is 208 Å². The third-order valence-electron chi connectivity index (χ3n) is 8.44. The summed E-state index contributed by atoms with van der Waals surface area (Å²) in [7, 11) is 0. The van der Waals surface area contributed by atoms with E-state index in [0.717, 1.165) is 0 Å². The smallest absolute Gasteiger partial charge is 0.408 e. The van der Waals surface area contributed by atoms with Crippen molar-refractivity contribution >= 4 is 53.6 Å². The highest BCUT2D eigenvalue weighted by Crippen LogP contribution is 2.16. The summed E-state index contributed by atoms with van der Waals surface area (Å²) in [6, 6.07) is 1.14. The van der Waals surface area contributed by atoms with Crippen LogP contribution in [0.2, 0.25) is 0 Å². The number of benzene rings is 1. The van der Waals surface area contributed by atoms with Crippen molar-refractivity contribution in [1.82, 2.24) is 26.6 Å². The number of rotatable bonds is 22. The van der Waals surface area contributed by atoms with E-state index in [1.807, 2.05) is 0 Å². The number of esters is 4. The van der Waals surface area contributed by atoms with Crippen LogP contribution in [-0.4, -0.2) is 118 Å². The zero-order valence-corrected chi connectivity index (χ0v) is 42.8. The van der Waals surface area contributed by atoms with E-state index in [2.05, 4.69) is 26.6 Å². The minimum Gasteiger partial charge on any atom is -0.460 e. The number of nitrogens with one attached hydrogen (secondary N) is 5. The maximum absolute atomic E-state index is 14.3. The molecule has 0 spiro atoms. The van der Waals surface area contributed by atoms with Gasteiger partial charge in [-0.25, -0.2) is 9.59 Å². The van der Waals surface area contributed by atoms with Crippen molar-refractivity contribution in [3.63, 3.8) is 0 Å². The van der Waals surface area contributed by atoms with Gasteiger partial charge < -0.3 is 55.0 Å². The molecule has 0 saturated heterocycles. The molecule has 1 rings (SSSR count). The summed E-state index contributed by atoms with van der Waals surface area (Å²) in [6.45, 7) is 25.6. The molecule has 20 nitrogen and oxygen atoms in total. The molecule has 0 bridgehead atoms. The van der Waals surface area contributed by atoms with Gasteiger partial charge in [0.15, 0.2) is 6.04 Å². The Bertz CT molecular complexity index is 1890. The van der Waals surface area contributed by atoms with Crippen LogP contribution in [0.5, 0.6) is 0 Å². The fourth-order valence-electron chi connectivity index (χ4n) is 5.60. The molecule has 0 saturated carbocycles. The van der Waals surface area contributed by atoms with Crippen molar-refractivity contribution in [1.29, 1.82) is 0 Å². The zero-order chi connectivity index (χ0) is 52.4. The Morgan fingerprint density at radius 1 is 0.471 bits per heavy atom. The van der Waals surface area contributed by atoms with Gasteiger partial charge in [-0.05, 0) is 129 Å². The maximum Gasteiger partial charge on any atom is 0.408 e. The third-order valence-corrected chi connectivity index (χ3v) is 8.44. The molecule has 1 aromatic carbocycles. The summed E-state index contributed by atoms with van der Waals surface area (Å²) in [5, 5.41) is 12.3. The second-order valence-corrected chi connectivity index (χ2v) is 21.2. The van der Waals surface area contributed by atoms with E-state index in [1.165, 1.54) is 6.92 Å². The molecule has 0 fully saturated rings. The summed E-state index contributed by atoms with van der Waals surface area (Å²) < 4.78 is 32.8. The molecule has 384 valence electrons. The van der Waals surface area contributed by atoms with Gasteiger partial charge >= 0.3 is 30.0 Å². The van der Waals surface area contributed by atoms with E-state index in [9.17, 15) is 43.2 Å². The van der Waals surface area contributed by atoms with Crippen molar-refractivity contribution < 1.29 is 71.6 Å². The third kappa shape index (κ3) is 27.8. The lowest BCUT2D eigenvalue weighted by molar-refractivity contribution is -0.162. The van der Waals surface area contributed by atoms with Crippen molar-refractivity contribution in [2.75, 3.05) is 6.61 Å². The fraction of sp³-hybridized carbons (Fsp3) is 0.688. The number of ether oxygens (including phenoxy) is 6. The summed E-state index contributed by atoms with van der Waals surface area (Å²) in [5.74, 6) is -7.24. The van der Waals surface area contributed by atoms with Crippen LogP contribution < -0.4 is 26.6 Å². The molecule has 5 N–H and O–H groups in total. The highest BCUT2D eigenvalue weighted by Gasteiger charge is 2.36. The van der Waals surface area contributed by atoms with Gasteiger partial charge in [0.05, 0.1) is 18.6 Å². The highest BCUT2D eigenvalue weighted by molar-refractivity contribution is 5.97. The number of hydrogen-bond acceptors (Lipinski definition) is 15. The summed E-state index contributed by atoms with van der Waals surface area (Å²) in [4.78, 5) is 121. The number of hydrogen-bond donors (Lipinski definition) is 5. The lowest BCUT2D eigenvalue weighted by Crippen LogP contribution is -2.59. The Balaban J connectivity index is 3.63. The van der Waals surface area contributed by atoms with E-state index >= 15 is 0 Å². The lowest BCUT2D eigenvalue weighted by atomic mass is 10.1. The van der Waals surface area contributed by atoms with E-state index in [1.54, 1.807) is 134 Å². The molecule has 0 aliphatic heterocycles. The Morgan fingerprint density at radius 3 is 1.31 bits per heavy atom. The molecular formula is C48H77N5O15. The molecule has 0 aliphatic rings. The predicted octanol–water partition coefficient (Wildman–Crippen LogP) is 4.37. The van der Waals surface area contributed by atoms with Crippen LogP contribution in [0.15, 0.2) is 30.3 Å². The highest BCUT2D eigenvalue weighted by atomic mass is 16.6. The quantitative estimate of drug-likeness (QED) is 0.0798. The predicted molar refractivity (Wildman–Crippen MR) is 249 cm³/mol.